The zero-order valence-electron chi connectivity index (χ0n) is 18.4. The molecule has 2 aromatic carbocycles. The van der Waals surface area contributed by atoms with Crippen LogP contribution in [0.3, 0.4) is 0 Å². The van der Waals surface area contributed by atoms with Gasteiger partial charge in [0.25, 0.3) is 0 Å². The zero-order chi connectivity index (χ0) is 22.8. The number of sulfonamides is 1. The molecule has 2 N–H and O–H groups in total. The molecule has 1 saturated heterocycles. The molecule has 2 aliphatic heterocycles. The van der Waals surface area contributed by atoms with Crippen LogP contribution >= 0.6 is 0 Å². The summed E-state index contributed by atoms with van der Waals surface area (Å²) in [5.41, 5.74) is 8.84. The van der Waals surface area contributed by atoms with Crippen LogP contribution in [0.15, 0.2) is 54.6 Å². The molecule has 1 spiro atoms. The number of hydrogen-bond acceptors (Lipinski definition) is 5. The van der Waals surface area contributed by atoms with E-state index in [1.807, 2.05) is 59.5 Å². The average molecular weight is 458 g/mol. The Kier molecular flexibility index (Phi) is 6.55. The van der Waals surface area contributed by atoms with Crippen LogP contribution in [0.25, 0.3) is 0 Å². The number of fused-ring (bicyclic) bond motifs is 2. The molecule has 8 heteroatoms. The van der Waals surface area contributed by atoms with Gasteiger partial charge in [-0.3, -0.25) is 9.10 Å². The molecule has 4 rings (SSSR count). The molecular weight excluding hydrogens is 426 g/mol. The van der Waals surface area contributed by atoms with Crippen LogP contribution in [0.2, 0.25) is 0 Å². The summed E-state index contributed by atoms with van der Waals surface area (Å²) in [6.07, 6.45) is 3.16. The quantitative estimate of drug-likeness (QED) is 0.644. The van der Waals surface area contributed by atoms with E-state index in [1.165, 1.54) is 10.6 Å². The van der Waals surface area contributed by atoms with Gasteiger partial charge in [0.2, 0.25) is 15.9 Å². The molecule has 1 fully saturated rings. The molecule has 0 bridgehead atoms. The first-order valence-corrected chi connectivity index (χ1v) is 12.9. The SMILES string of the molecule is CS(=O)(=O)N1CC2(CCN(C(=O)C(N)CCOCc3ccccc3)CC2)c2ccccc21. The Hall–Kier alpha value is -2.42. The second-order valence-electron chi connectivity index (χ2n) is 8.83. The lowest BCUT2D eigenvalue weighted by molar-refractivity contribution is -0.134. The summed E-state index contributed by atoms with van der Waals surface area (Å²) in [6, 6.07) is 17.0. The van der Waals surface area contributed by atoms with E-state index < -0.39 is 16.1 Å². The summed E-state index contributed by atoms with van der Waals surface area (Å²) < 4.78 is 31.8. The van der Waals surface area contributed by atoms with E-state index in [1.54, 1.807) is 0 Å². The number of nitrogens with zero attached hydrogens (tertiary/aromatic N) is 2. The first kappa shape index (κ1) is 22.8. The van der Waals surface area contributed by atoms with Crippen LogP contribution in [-0.4, -0.2) is 57.8 Å². The van der Waals surface area contributed by atoms with E-state index in [2.05, 4.69) is 0 Å². The molecular formula is C24H31N3O4S. The van der Waals surface area contributed by atoms with Crippen molar-refractivity contribution in [2.24, 2.45) is 5.73 Å². The minimum Gasteiger partial charge on any atom is -0.377 e. The van der Waals surface area contributed by atoms with Gasteiger partial charge in [-0.25, -0.2) is 8.42 Å². The number of hydrogen-bond donors (Lipinski definition) is 1. The van der Waals surface area contributed by atoms with Crippen LogP contribution in [0.4, 0.5) is 5.69 Å². The molecule has 1 amide bonds. The van der Waals surface area contributed by atoms with Crippen molar-refractivity contribution in [3.05, 3.63) is 65.7 Å². The van der Waals surface area contributed by atoms with Crippen LogP contribution in [0.5, 0.6) is 0 Å². The Morgan fingerprint density at radius 3 is 2.44 bits per heavy atom. The standard InChI is InChI=1S/C24H31N3O4S/c1-32(29,30)27-18-24(20-9-5-6-10-22(20)27)12-14-26(15-13-24)23(28)21(25)11-16-31-17-19-7-3-2-4-8-19/h2-10,21H,11-18,25H2,1H3. The topological polar surface area (TPSA) is 92.9 Å². The number of rotatable bonds is 7. The fraction of sp³-hybridized carbons (Fsp3) is 0.458. The van der Waals surface area contributed by atoms with Crippen molar-refractivity contribution in [3.63, 3.8) is 0 Å². The number of likely N-dealkylation sites (tertiary alicyclic amines) is 1. The maximum atomic E-state index is 12.9. The van der Waals surface area contributed by atoms with Crippen molar-refractivity contribution in [2.75, 3.05) is 36.8 Å². The summed E-state index contributed by atoms with van der Waals surface area (Å²) in [7, 11) is -3.35. The highest BCUT2D eigenvalue weighted by Gasteiger charge is 2.47. The van der Waals surface area contributed by atoms with Gasteiger partial charge in [-0.15, -0.1) is 0 Å². The van der Waals surface area contributed by atoms with Gasteiger partial charge in [-0.05, 0) is 36.5 Å². The van der Waals surface area contributed by atoms with Crippen molar-refractivity contribution >= 4 is 21.6 Å². The number of ether oxygens (including phenoxy) is 1. The van der Waals surface area contributed by atoms with Crippen molar-refractivity contribution in [1.82, 2.24) is 4.90 Å². The number of carbonyl (C=O) groups is 1. The highest BCUT2D eigenvalue weighted by molar-refractivity contribution is 7.92. The summed E-state index contributed by atoms with van der Waals surface area (Å²) in [4.78, 5) is 14.7. The van der Waals surface area contributed by atoms with Gasteiger partial charge in [0.05, 0.1) is 24.6 Å². The molecule has 0 saturated carbocycles. The molecule has 32 heavy (non-hydrogen) atoms. The van der Waals surface area contributed by atoms with Gasteiger partial charge in [-0.2, -0.15) is 0 Å². The third-order valence-corrected chi connectivity index (χ3v) is 7.75. The van der Waals surface area contributed by atoms with Crippen LogP contribution in [-0.2, 0) is 31.6 Å². The Labute approximate surface area is 190 Å². The molecule has 1 atom stereocenters. The Morgan fingerprint density at radius 1 is 1.09 bits per heavy atom. The molecule has 2 aromatic rings. The van der Waals surface area contributed by atoms with E-state index in [0.717, 1.165) is 29.7 Å². The highest BCUT2D eigenvalue weighted by atomic mass is 32.2. The summed E-state index contributed by atoms with van der Waals surface area (Å²) in [6.45, 7) is 2.51. The number of anilines is 1. The van der Waals surface area contributed by atoms with Crippen LogP contribution in [0, 0.1) is 0 Å². The number of para-hydroxylation sites is 1. The molecule has 2 aliphatic rings. The maximum Gasteiger partial charge on any atom is 0.239 e. The molecule has 0 radical (unpaired) electrons. The maximum absolute atomic E-state index is 12.9. The lowest BCUT2D eigenvalue weighted by Crippen LogP contribution is -2.52. The third kappa shape index (κ3) is 4.67. The van der Waals surface area contributed by atoms with Crippen molar-refractivity contribution in [2.45, 2.75) is 37.3 Å². The second kappa shape index (κ2) is 9.21. The van der Waals surface area contributed by atoms with Crippen molar-refractivity contribution in [3.8, 4) is 0 Å². The lowest BCUT2D eigenvalue weighted by Gasteiger charge is -2.40. The predicted molar refractivity (Wildman–Crippen MR) is 125 cm³/mol. The van der Waals surface area contributed by atoms with Crippen LogP contribution < -0.4 is 10.0 Å². The molecule has 0 aromatic heterocycles. The third-order valence-electron chi connectivity index (χ3n) is 6.62. The first-order chi connectivity index (χ1) is 15.3. The fourth-order valence-corrected chi connectivity index (χ4v) is 5.79. The minimum absolute atomic E-state index is 0.0607. The van der Waals surface area contributed by atoms with Crippen molar-refractivity contribution < 1.29 is 17.9 Å². The van der Waals surface area contributed by atoms with Gasteiger partial charge >= 0.3 is 0 Å². The van der Waals surface area contributed by atoms with Gasteiger partial charge in [-0.1, -0.05) is 48.5 Å². The lowest BCUT2D eigenvalue weighted by atomic mass is 9.74. The number of benzene rings is 2. The molecule has 2 heterocycles. The first-order valence-electron chi connectivity index (χ1n) is 11.0. The predicted octanol–water partition coefficient (Wildman–Crippen LogP) is 2.26. The Balaban J connectivity index is 1.32. The monoisotopic (exact) mass is 457 g/mol. The minimum atomic E-state index is -3.35. The fourth-order valence-electron chi connectivity index (χ4n) is 4.80. The number of nitrogens with two attached hydrogens (primary N) is 1. The van der Waals surface area contributed by atoms with Gasteiger partial charge in [0, 0.05) is 31.7 Å². The van der Waals surface area contributed by atoms with Gasteiger partial charge in [0.15, 0.2) is 0 Å². The van der Waals surface area contributed by atoms with Crippen LogP contribution in [0.1, 0.15) is 30.4 Å². The molecule has 0 aliphatic carbocycles. The largest absolute Gasteiger partial charge is 0.377 e. The van der Waals surface area contributed by atoms with E-state index in [-0.39, 0.29) is 11.3 Å². The summed E-state index contributed by atoms with van der Waals surface area (Å²) in [5, 5.41) is 0. The van der Waals surface area contributed by atoms with E-state index in [0.29, 0.717) is 39.3 Å². The Morgan fingerprint density at radius 2 is 1.75 bits per heavy atom. The van der Waals surface area contributed by atoms with Crippen molar-refractivity contribution in [1.29, 1.82) is 0 Å². The number of amides is 1. The van der Waals surface area contributed by atoms with E-state index in [9.17, 15) is 13.2 Å². The van der Waals surface area contributed by atoms with Gasteiger partial charge < -0.3 is 15.4 Å². The number of piperidine rings is 1. The summed E-state index contributed by atoms with van der Waals surface area (Å²) >= 11 is 0. The second-order valence-corrected chi connectivity index (χ2v) is 10.7. The highest BCUT2D eigenvalue weighted by Crippen LogP contribution is 2.47. The normalized spacial score (nSPS) is 18.6. The molecule has 172 valence electrons. The zero-order valence-corrected chi connectivity index (χ0v) is 19.3. The molecule has 1 unspecified atom stereocenters. The van der Waals surface area contributed by atoms with Gasteiger partial charge in [0.1, 0.15) is 0 Å². The molecule has 7 nitrogen and oxygen atoms in total. The number of carbonyl (C=O) groups excluding carboxylic acids is 1. The Bertz CT molecular complexity index is 1050. The smallest absolute Gasteiger partial charge is 0.239 e. The van der Waals surface area contributed by atoms with E-state index >= 15 is 0 Å². The average Bonchev–Trinajstić information content (AvgIpc) is 3.12. The van der Waals surface area contributed by atoms with E-state index in [4.69, 9.17) is 10.5 Å². The summed E-state index contributed by atoms with van der Waals surface area (Å²) in [5.74, 6) is -0.0607.